The van der Waals surface area contributed by atoms with Gasteiger partial charge in [0.2, 0.25) is 0 Å². The van der Waals surface area contributed by atoms with Gasteiger partial charge in [0, 0.05) is 0 Å². The lowest BCUT2D eigenvalue weighted by Crippen LogP contribution is -1.82. The molecule has 0 bridgehead atoms. The van der Waals surface area contributed by atoms with Crippen molar-refractivity contribution in [2.45, 2.75) is 6.92 Å². The van der Waals surface area contributed by atoms with Gasteiger partial charge < -0.3 is 5.11 Å². The molecule has 0 aliphatic heterocycles. The first kappa shape index (κ1) is 9.15. The molecular formula is C7H8INOS. The van der Waals surface area contributed by atoms with E-state index in [0.717, 1.165) is 10.6 Å². The van der Waals surface area contributed by atoms with Gasteiger partial charge in [-0.15, -0.1) is 11.3 Å². The highest BCUT2D eigenvalue weighted by atomic mass is 127. The van der Waals surface area contributed by atoms with E-state index in [9.17, 15) is 0 Å². The van der Waals surface area contributed by atoms with E-state index >= 15 is 0 Å². The van der Waals surface area contributed by atoms with Crippen LogP contribution >= 0.6 is 33.9 Å². The molecule has 0 aliphatic rings. The predicted molar refractivity (Wildman–Crippen MR) is 55.6 cm³/mol. The zero-order valence-electron chi connectivity index (χ0n) is 6.04. The van der Waals surface area contributed by atoms with Gasteiger partial charge in [0.15, 0.2) is 0 Å². The lowest BCUT2D eigenvalue weighted by molar-refractivity contribution is 0.332. The maximum Gasteiger partial charge on any atom is 0.117 e. The Morgan fingerprint density at radius 2 is 2.64 bits per heavy atom. The second kappa shape index (κ2) is 4.18. The number of halogens is 1. The van der Waals surface area contributed by atoms with E-state index < -0.39 is 0 Å². The smallest absolute Gasteiger partial charge is 0.117 e. The fraction of sp³-hybridized carbons (Fsp3) is 0.286. The van der Waals surface area contributed by atoms with Crippen molar-refractivity contribution in [1.82, 2.24) is 4.98 Å². The van der Waals surface area contributed by atoms with Crippen molar-refractivity contribution >= 4 is 40.0 Å². The summed E-state index contributed by atoms with van der Waals surface area (Å²) in [5.41, 5.74) is 0.941. The number of hydrogen-bond donors (Lipinski definition) is 1. The molecule has 0 aromatic carbocycles. The fourth-order valence-electron chi connectivity index (χ4n) is 0.590. The van der Waals surface area contributed by atoms with Crippen molar-refractivity contribution < 1.29 is 5.11 Å². The van der Waals surface area contributed by atoms with Crippen molar-refractivity contribution in [2.24, 2.45) is 0 Å². The molecule has 0 aliphatic carbocycles. The first-order valence-corrected chi connectivity index (χ1v) is 5.01. The minimum absolute atomic E-state index is 0.107. The van der Waals surface area contributed by atoms with Crippen LogP contribution in [0.5, 0.6) is 0 Å². The molecule has 0 saturated carbocycles. The van der Waals surface area contributed by atoms with Crippen LogP contribution in [-0.4, -0.2) is 16.7 Å². The highest BCUT2D eigenvalue weighted by Crippen LogP contribution is 2.17. The second-order valence-electron chi connectivity index (χ2n) is 2.15. The highest BCUT2D eigenvalue weighted by molar-refractivity contribution is 14.1. The molecule has 11 heavy (non-hydrogen) atoms. The van der Waals surface area contributed by atoms with E-state index in [1.165, 1.54) is 2.88 Å². The number of aliphatic hydroxyl groups excluding tert-OH is 1. The van der Waals surface area contributed by atoms with Crippen LogP contribution in [0.3, 0.4) is 0 Å². The Hall–Kier alpha value is 0.0600. The van der Waals surface area contributed by atoms with Crippen LogP contribution in [0, 0.1) is 2.88 Å². The van der Waals surface area contributed by atoms with Gasteiger partial charge in [-0.1, -0.05) is 0 Å². The topological polar surface area (TPSA) is 33.1 Å². The molecule has 1 rings (SSSR count). The van der Waals surface area contributed by atoms with E-state index in [-0.39, 0.29) is 6.61 Å². The third-order valence-electron chi connectivity index (χ3n) is 1.11. The largest absolute Gasteiger partial charge is 0.392 e. The maximum atomic E-state index is 8.71. The number of thiazole rings is 1. The van der Waals surface area contributed by atoms with Gasteiger partial charge in [-0.25, -0.2) is 4.98 Å². The summed E-state index contributed by atoms with van der Waals surface area (Å²) in [6.07, 6.45) is 3.72. The minimum atomic E-state index is 0.107. The zero-order chi connectivity index (χ0) is 8.27. The van der Waals surface area contributed by atoms with Crippen LogP contribution < -0.4 is 0 Å². The van der Waals surface area contributed by atoms with Crippen molar-refractivity contribution in [1.29, 1.82) is 0 Å². The Morgan fingerprint density at radius 3 is 3.09 bits per heavy atom. The Labute approximate surface area is 83.1 Å². The third kappa shape index (κ3) is 2.88. The monoisotopic (exact) mass is 281 g/mol. The number of aromatic nitrogens is 1. The van der Waals surface area contributed by atoms with Gasteiger partial charge >= 0.3 is 0 Å². The Balaban J connectivity index is 2.78. The molecule has 0 amide bonds. The van der Waals surface area contributed by atoms with Gasteiger partial charge in [-0.2, -0.15) is 0 Å². The summed E-state index contributed by atoms with van der Waals surface area (Å²) in [5.74, 6) is 0. The Bertz CT molecular complexity index is 269. The lowest BCUT2D eigenvalue weighted by atomic mass is 10.3. The van der Waals surface area contributed by atoms with E-state index in [0.29, 0.717) is 0 Å². The predicted octanol–water partition coefficient (Wildman–Crippen LogP) is 2.14. The third-order valence-corrected chi connectivity index (χ3v) is 2.79. The molecule has 60 valence electrons. The summed E-state index contributed by atoms with van der Waals surface area (Å²) in [7, 11) is 0. The molecule has 1 N–H and O–H groups in total. The number of rotatable bonds is 2. The van der Waals surface area contributed by atoms with E-state index in [1.54, 1.807) is 11.3 Å². The molecule has 0 fully saturated rings. The standard InChI is InChI=1S/C7H8INOS/c1-5(4-10)2-7-9-3-6(8)11-7/h2-3,10H,4H2,1H3/b5-2-. The molecule has 4 heteroatoms. The molecule has 0 radical (unpaired) electrons. The summed E-state index contributed by atoms with van der Waals surface area (Å²) < 4.78 is 1.17. The van der Waals surface area contributed by atoms with Gasteiger partial charge in [0.1, 0.15) is 5.01 Å². The average molecular weight is 281 g/mol. The van der Waals surface area contributed by atoms with E-state index in [2.05, 4.69) is 27.6 Å². The zero-order valence-corrected chi connectivity index (χ0v) is 9.02. The average Bonchev–Trinajstić information content (AvgIpc) is 2.35. The quantitative estimate of drug-likeness (QED) is 0.842. The number of nitrogens with zero attached hydrogens (tertiary/aromatic N) is 1. The lowest BCUT2D eigenvalue weighted by Gasteiger charge is -1.89. The SMILES string of the molecule is C/C(=C/c1ncc(I)s1)CO. The van der Waals surface area contributed by atoms with Crippen LogP contribution in [0.4, 0.5) is 0 Å². The summed E-state index contributed by atoms with van der Waals surface area (Å²) in [4.78, 5) is 4.13. The van der Waals surface area contributed by atoms with Crippen molar-refractivity contribution in [3.63, 3.8) is 0 Å². The van der Waals surface area contributed by atoms with Gasteiger partial charge in [-0.3, -0.25) is 0 Å². The fourth-order valence-corrected chi connectivity index (χ4v) is 2.08. The van der Waals surface area contributed by atoms with Crippen molar-refractivity contribution in [3.8, 4) is 0 Å². The number of aliphatic hydroxyl groups is 1. The molecule has 2 nitrogen and oxygen atoms in total. The van der Waals surface area contributed by atoms with Gasteiger partial charge in [0.05, 0.1) is 15.7 Å². The highest BCUT2D eigenvalue weighted by Gasteiger charge is 1.95. The molecule has 1 aromatic heterocycles. The second-order valence-corrected chi connectivity index (χ2v) is 5.11. The minimum Gasteiger partial charge on any atom is -0.392 e. The molecule has 0 atom stereocenters. The Morgan fingerprint density at radius 1 is 1.91 bits per heavy atom. The molecule has 1 aromatic rings. The van der Waals surface area contributed by atoms with Gasteiger partial charge in [0.25, 0.3) is 0 Å². The molecular weight excluding hydrogens is 273 g/mol. The molecule has 0 saturated heterocycles. The van der Waals surface area contributed by atoms with Crippen molar-refractivity contribution in [3.05, 3.63) is 19.7 Å². The molecule has 1 heterocycles. The number of hydrogen-bond acceptors (Lipinski definition) is 3. The molecule has 0 spiro atoms. The molecule has 0 unspecified atom stereocenters. The summed E-state index contributed by atoms with van der Waals surface area (Å²) in [6, 6.07) is 0. The first-order valence-electron chi connectivity index (χ1n) is 3.11. The van der Waals surface area contributed by atoms with Crippen LogP contribution in [0.1, 0.15) is 11.9 Å². The van der Waals surface area contributed by atoms with E-state index in [4.69, 9.17) is 5.11 Å². The van der Waals surface area contributed by atoms with Crippen molar-refractivity contribution in [2.75, 3.05) is 6.61 Å². The summed E-state index contributed by atoms with van der Waals surface area (Å²) in [5, 5.41) is 9.67. The van der Waals surface area contributed by atoms with Crippen LogP contribution in [0.25, 0.3) is 6.08 Å². The van der Waals surface area contributed by atoms with Crippen LogP contribution in [-0.2, 0) is 0 Å². The van der Waals surface area contributed by atoms with Gasteiger partial charge in [-0.05, 0) is 41.2 Å². The normalized spacial score (nSPS) is 12.1. The maximum absolute atomic E-state index is 8.71. The Kier molecular flexibility index (Phi) is 3.47. The van der Waals surface area contributed by atoms with E-state index in [1.807, 2.05) is 19.2 Å². The first-order chi connectivity index (χ1) is 5.22. The summed E-state index contributed by atoms with van der Waals surface area (Å²) in [6.45, 7) is 1.99. The van der Waals surface area contributed by atoms with Crippen LogP contribution in [0.2, 0.25) is 0 Å². The van der Waals surface area contributed by atoms with Crippen LogP contribution in [0.15, 0.2) is 11.8 Å². The summed E-state index contributed by atoms with van der Waals surface area (Å²) >= 11 is 3.84.